The molecule has 0 radical (unpaired) electrons. The molecule has 0 fully saturated rings. The molecular formula is C108H96Br6P6. The Bertz CT molecular complexity index is 4100. The second kappa shape index (κ2) is 56.2. The fraction of sp³-hybridized carbons (Fsp3) is 0. The van der Waals surface area contributed by atoms with Crippen molar-refractivity contribution < 1.29 is 102 Å². The molecule has 0 amide bonds. The molecule has 18 rings (SSSR count). The Kier molecular flexibility index (Phi) is 46.1. The van der Waals surface area contributed by atoms with E-state index in [1.165, 1.54) is 95.5 Å². The molecule has 0 saturated heterocycles. The lowest BCUT2D eigenvalue weighted by Gasteiger charge is -2.10. The van der Waals surface area contributed by atoms with Crippen molar-refractivity contribution in [1.29, 1.82) is 0 Å². The minimum absolute atomic E-state index is 0. The summed E-state index contributed by atoms with van der Waals surface area (Å²) in [6.07, 6.45) is 0. The summed E-state index contributed by atoms with van der Waals surface area (Å²) in [5.41, 5.74) is 0. The van der Waals surface area contributed by atoms with Crippen molar-refractivity contribution in [3.8, 4) is 0 Å². The van der Waals surface area contributed by atoms with Gasteiger partial charge in [-0.25, -0.2) is 0 Å². The van der Waals surface area contributed by atoms with Gasteiger partial charge in [0.05, 0.1) is 47.5 Å². The minimum Gasteiger partial charge on any atom is -1.00 e. The van der Waals surface area contributed by atoms with Gasteiger partial charge in [0.15, 0.2) is 0 Å². The van der Waals surface area contributed by atoms with Gasteiger partial charge in [0.1, 0.15) is 95.5 Å². The molecule has 0 nitrogen and oxygen atoms in total. The maximum absolute atomic E-state index is 2.24. The molecule has 0 aromatic heterocycles. The minimum atomic E-state index is -0.877. The molecule has 18 aromatic rings. The van der Waals surface area contributed by atoms with Crippen molar-refractivity contribution >= 4 is 143 Å². The van der Waals surface area contributed by atoms with Gasteiger partial charge in [-0.05, 0) is 218 Å². The van der Waals surface area contributed by atoms with E-state index in [-0.39, 0.29) is 102 Å². The zero-order chi connectivity index (χ0) is 77.5. The van der Waals surface area contributed by atoms with Gasteiger partial charge in [-0.1, -0.05) is 328 Å². The van der Waals surface area contributed by atoms with Gasteiger partial charge in [0.25, 0.3) is 0 Å². The molecule has 0 saturated carbocycles. The third kappa shape index (κ3) is 29.9. The topological polar surface area (TPSA) is 0 Å². The zero-order valence-electron chi connectivity index (χ0n) is 66.2. The van der Waals surface area contributed by atoms with Crippen molar-refractivity contribution in [3.05, 3.63) is 546 Å². The lowest BCUT2D eigenvalue weighted by molar-refractivity contribution is -0.00100. The van der Waals surface area contributed by atoms with E-state index in [1.807, 2.05) is 0 Å². The smallest absolute Gasteiger partial charge is 0.102 e. The highest BCUT2D eigenvalue weighted by molar-refractivity contribution is 7.81. The second-order valence-electron chi connectivity index (χ2n) is 26.8. The first-order chi connectivity index (χ1) is 56.7. The van der Waals surface area contributed by atoms with Crippen molar-refractivity contribution in [2.24, 2.45) is 0 Å². The summed E-state index contributed by atoms with van der Waals surface area (Å²) in [6.45, 7) is 0. The zero-order valence-corrected chi connectivity index (χ0v) is 81.7. The normalized spacial score (nSPS) is 10.1. The van der Waals surface area contributed by atoms with Crippen LogP contribution < -0.4 is 197 Å². The summed E-state index contributed by atoms with van der Waals surface area (Å²) in [5, 5.41) is 25.8. The summed E-state index contributed by atoms with van der Waals surface area (Å²) < 4.78 is 0. The molecule has 0 aliphatic rings. The van der Waals surface area contributed by atoms with Crippen LogP contribution in [0.15, 0.2) is 546 Å². The lowest BCUT2D eigenvalue weighted by atomic mass is 10.4. The van der Waals surface area contributed by atoms with Crippen LogP contribution >= 0.6 is 47.5 Å². The Labute approximate surface area is 783 Å². The summed E-state index contributed by atoms with van der Waals surface area (Å²) >= 11 is 0. The molecule has 120 heavy (non-hydrogen) atoms. The number of hydrogen-bond donors (Lipinski definition) is 0. The molecule has 0 atom stereocenters. The van der Waals surface area contributed by atoms with Gasteiger partial charge in [0.2, 0.25) is 0 Å². The monoisotopic (exact) mass is 2050 g/mol. The Morgan fingerprint density at radius 1 is 0.0667 bits per heavy atom. The fourth-order valence-corrected chi connectivity index (χ4v) is 29.4. The van der Waals surface area contributed by atoms with E-state index in [2.05, 4.69) is 546 Å². The summed E-state index contributed by atoms with van der Waals surface area (Å²) in [6, 6.07) is 195. The van der Waals surface area contributed by atoms with Gasteiger partial charge in [-0.15, -0.1) is 0 Å². The molecule has 600 valence electrons. The Morgan fingerprint density at radius 2 is 0.108 bits per heavy atom. The molecule has 0 heterocycles. The quantitative estimate of drug-likeness (QED) is 0.113. The first kappa shape index (κ1) is 98.5. The number of rotatable bonds is 18. The Morgan fingerprint density at radius 3 is 0.150 bits per heavy atom. The highest BCUT2D eigenvalue weighted by atomic mass is 79.9. The highest BCUT2D eigenvalue weighted by Gasteiger charge is 2.30. The van der Waals surface area contributed by atoms with Crippen molar-refractivity contribution in [1.82, 2.24) is 0 Å². The summed E-state index contributed by atoms with van der Waals surface area (Å²) in [5.74, 6) is 0. The van der Waals surface area contributed by atoms with Crippen LogP contribution in [-0.4, -0.2) is 0 Å². The number of hydrogen-bond acceptors (Lipinski definition) is 0. The molecule has 0 unspecified atom stereocenters. The second-order valence-corrected chi connectivity index (χ2v) is 41.7. The Balaban J connectivity index is 0.000000196. The predicted molar refractivity (Wildman–Crippen MR) is 519 cm³/mol. The Hall–Kier alpha value is -8.58. The van der Waals surface area contributed by atoms with Gasteiger partial charge < -0.3 is 102 Å². The fourth-order valence-electron chi connectivity index (χ4n) is 13.9. The maximum atomic E-state index is 2.24. The molecule has 12 heteroatoms. The first-order valence-electron chi connectivity index (χ1n) is 38.9. The number of benzene rings is 18. The molecule has 18 aromatic carbocycles. The highest BCUT2D eigenvalue weighted by Crippen LogP contribution is 2.37. The first-order valence-corrected chi connectivity index (χ1v) is 47.9. The van der Waals surface area contributed by atoms with E-state index in [1.54, 1.807) is 0 Å². The van der Waals surface area contributed by atoms with E-state index in [0.29, 0.717) is 0 Å². The largest absolute Gasteiger partial charge is 1.00 e. The van der Waals surface area contributed by atoms with Crippen LogP contribution in [0.25, 0.3) is 0 Å². The average Bonchev–Trinajstić information content (AvgIpc) is 0.853. The van der Waals surface area contributed by atoms with Crippen molar-refractivity contribution in [3.63, 3.8) is 0 Å². The van der Waals surface area contributed by atoms with E-state index in [9.17, 15) is 0 Å². The molecular weight excluding hydrogens is 1960 g/mol. The predicted octanol–water partition coefficient (Wildman–Crippen LogP) is 1.09. The van der Waals surface area contributed by atoms with E-state index in [4.69, 9.17) is 0 Å². The maximum Gasteiger partial charge on any atom is 0.102 e. The van der Waals surface area contributed by atoms with Gasteiger partial charge in [0, 0.05) is 0 Å². The van der Waals surface area contributed by atoms with Crippen LogP contribution in [0.1, 0.15) is 0 Å². The molecule has 0 aliphatic heterocycles. The number of halogens is 6. The molecule has 0 aliphatic carbocycles. The van der Waals surface area contributed by atoms with E-state index >= 15 is 0 Å². The third-order valence-corrected chi connectivity index (χ3v) is 35.5. The van der Waals surface area contributed by atoms with Gasteiger partial charge in [-0.2, -0.15) is 0 Å². The van der Waals surface area contributed by atoms with Crippen LogP contribution in [-0.2, 0) is 0 Å². The molecule has 0 N–H and O–H groups in total. The van der Waals surface area contributed by atoms with Crippen molar-refractivity contribution in [2.75, 3.05) is 0 Å². The van der Waals surface area contributed by atoms with Crippen LogP contribution in [0.2, 0.25) is 0 Å². The van der Waals surface area contributed by atoms with Crippen LogP contribution in [0.5, 0.6) is 0 Å². The van der Waals surface area contributed by atoms with Gasteiger partial charge in [-0.3, -0.25) is 0 Å². The van der Waals surface area contributed by atoms with Crippen molar-refractivity contribution in [2.45, 2.75) is 0 Å². The van der Waals surface area contributed by atoms with Crippen LogP contribution in [0, 0.1) is 0 Å². The van der Waals surface area contributed by atoms with Gasteiger partial charge >= 0.3 is 0 Å². The van der Waals surface area contributed by atoms with Crippen LogP contribution in [0.3, 0.4) is 0 Å². The van der Waals surface area contributed by atoms with E-state index < -0.39 is 47.5 Å². The third-order valence-electron chi connectivity index (χ3n) is 19.1. The van der Waals surface area contributed by atoms with Crippen LogP contribution in [0.4, 0.5) is 0 Å². The standard InChI is InChI=1S/6C18H15P.6BrH/c6*1-4-10-16(11-5-1)19(17-12-6-2-7-13-17)18-14-8-3-9-15-18;;;;;;/h6*1-15H;6*1H. The SMILES string of the molecule is [Br-].[Br-].[Br-].[Br-].[Br-].[Br-].c1ccc([PH+](c2ccccc2)c2ccccc2)cc1.c1ccc([PH+](c2ccccc2)c2ccccc2)cc1.c1ccc([PH+](c2ccccc2)c2ccccc2)cc1.c1ccc([PH+](c2ccccc2)c2ccccc2)cc1.c1ccc([PH+](c2ccccc2)c2ccccc2)cc1.c1ccc([PH+](c2ccccc2)c2ccccc2)cc1. The lowest BCUT2D eigenvalue weighted by Crippen LogP contribution is -3.00. The molecule has 0 bridgehead atoms. The van der Waals surface area contributed by atoms with E-state index in [0.717, 1.165) is 0 Å². The summed E-state index contributed by atoms with van der Waals surface area (Å²) in [7, 11) is -5.26. The average molecular weight is 2060 g/mol. The molecule has 0 spiro atoms. The summed E-state index contributed by atoms with van der Waals surface area (Å²) in [4.78, 5) is 0.